The van der Waals surface area contributed by atoms with E-state index in [1.54, 1.807) is 13.3 Å². The molecule has 7 nitrogen and oxygen atoms in total. The number of nitrogens with zero attached hydrogens (tertiary/aromatic N) is 3. The third-order valence-corrected chi connectivity index (χ3v) is 4.49. The minimum absolute atomic E-state index is 0.0418. The maximum absolute atomic E-state index is 12.8. The van der Waals surface area contributed by atoms with E-state index in [4.69, 9.17) is 4.74 Å². The van der Waals surface area contributed by atoms with E-state index < -0.39 is 11.7 Å². The summed E-state index contributed by atoms with van der Waals surface area (Å²) in [6.07, 6.45) is -1.28. The van der Waals surface area contributed by atoms with Crippen molar-refractivity contribution in [2.24, 2.45) is 0 Å². The SMILES string of the molecule is COCCNC(=O)Cn1cc(Nc2nc3cc(C(F)(F)F)ccc3s2)cn1. The number of anilines is 2. The molecule has 0 aliphatic carbocycles. The summed E-state index contributed by atoms with van der Waals surface area (Å²) in [5.41, 5.74) is 0.108. The van der Waals surface area contributed by atoms with Gasteiger partial charge in [-0.1, -0.05) is 11.3 Å². The zero-order valence-corrected chi connectivity index (χ0v) is 15.0. The largest absolute Gasteiger partial charge is 0.416 e. The highest BCUT2D eigenvalue weighted by molar-refractivity contribution is 7.22. The second kappa shape index (κ2) is 7.92. The highest BCUT2D eigenvalue weighted by Gasteiger charge is 2.30. The molecule has 1 amide bonds. The van der Waals surface area contributed by atoms with Crippen LogP contribution in [-0.4, -0.2) is 40.9 Å². The molecule has 0 saturated heterocycles. The van der Waals surface area contributed by atoms with Gasteiger partial charge >= 0.3 is 6.18 Å². The Balaban J connectivity index is 1.65. The number of alkyl halides is 3. The van der Waals surface area contributed by atoms with Gasteiger partial charge in [0.05, 0.1) is 34.3 Å². The second-order valence-electron chi connectivity index (χ2n) is 5.59. The second-order valence-corrected chi connectivity index (χ2v) is 6.62. The number of thiazole rings is 1. The lowest BCUT2D eigenvalue weighted by Gasteiger charge is -2.04. The molecule has 0 unspecified atom stereocenters. The molecule has 2 aromatic heterocycles. The number of hydrogen-bond donors (Lipinski definition) is 2. The Morgan fingerprint density at radius 2 is 2.19 bits per heavy atom. The minimum atomic E-state index is -4.41. The maximum atomic E-state index is 12.8. The Morgan fingerprint density at radius 3 is 2.93 bits per heavy atom. The fourth-order valence-electron chi connectivity index (χ4n) is 2.29. The smallest absolute Gasteiger partial charge is 0.383 e. The van der Waals surface area contributed by atoms with Crippen molar-refractivity contribution < 1.29 is 22.7 Å². The summed E-state index contributed by atoms with van der Waals surface area (Å²) in [6, 6.07) is 3.45. The lowest BCUT2D eigenvalue weighted by Crippen LogP contribution is -2.30. The van der Waals surface area contributed by atoms with Crippen LogP contribution in [0.2, 0.25) is 0 Å². The van der Waals surface area contributed by atoms with Crippen molar-refractivity contribution in [2.45, 2.75) is 12.7 Å². The number of amides is 1. The summed E-state index contributed by atoms with van der Waals surface area (Å²) in [5, 5.41) is 10.2. The average molecular weight is 399 g/mol. The monoisotopic (exact) mass is 399 g/mol. The fraction of sp³-hybridized carbons (Fsp3) is 0.312. The first-order chi connectivity index (χ1) is 12.8. The summed E-state index contributed by atoms with van der Waals surface area (Å²) in [7, 11) is 1.55. The van der Waals surface area contributed by atoms with Gasteiger partial charge in [-0.25, -0.2) is 4.98 Å². The van der Waals surface area contributed by atoms with E-state index in [1.165, 1.54) is 28.3 Å². The third-order valence-electron chi connectivity index (χ3n) is 3.53. The van der Waals surface area contributed by atoms with Crippen LogP contribution in [0, 0.1) is 0 Å². The lowest BCUT2D eigenvalue weighted by atomic mass is 10.2. The summed E-state index contributed by atoms with van der Waals surface area (Å²) < 4.78 is 45.3. The summed E-state index contributed by atoms with van der Waals surface area (Å²) in [4.78, 5) is 15.9. The molecule has 3 rings (SSSR count). The van der Waals surface area contributed by atoms with E-state index >= 15 is 0 Å². The molecule has 2 N–H and O–H groups in total. The van der Waals surface area contributed by atoms with Gasteiger partial charge < -0.3 is 15.4 Å². The topological polar surface area (TPSA) is 81.1 Å². The molecule has 0 atom stereocenters. The van der Waals surface area contributed by atoms with Gasteiger partial charge in [-0.15, -0.1) is 0 Å². The predicted octanol–water partition coefficient (Wildman–Crippen LogP) is 3.02. The Hall–Kier alpha value is -2.66. The first-order valence-corrected chi connectivity index (χ1v) is 8.70. The van der Waals surface area contributed by atoms with Crippen LogP contribution in [0.4, 0.5) is 24.0 Å². The van der Waals surface area contributed by atoms with Crippen LogP contribution in [0.1, 0.15) is 5.56 Å². The Bertz CT molecular complexity index is 938. The number of benzene rings is 1. The molecule has 11 heteroatoms. The van der Waals surface area contributed by atoms with E-state index in [2.05, 4.69) is 20.7 Å². The van der Waals surface area contributed by atoms with Crippen LogP contribution in [0.15, 0.2) is 30.6 Å². The molecule has 0 bridgehead atoms. The minimum Gasteiger partial charge on any atom is -0.383 e. The standard InChI is InChI=1S/C16H16F3N5O2S/c1-26-5-4-20-14(25)9-24-8-11(7-21-24)22-15-23-12-6-10(16(17,18)19)2-3-13(12)27-15/h2-3,6-8H,4-5,9H2,1H3,(H,20,25)(H,22,23). The van der Waals surface area contributed by atoms with Crippen LogP contribution < -0.4 is 10.6 Å². The van der Waals surface area contributed by atoms with Crippen molar-refractivity contribution in [2.75, 3.05) is 25.6 Å². The molecule has 0 spiro atoms. The van der Waals surface area contributed by atoms with Crippen LogP contribution in [0.5, 0.6) is 0 Å². The highest BCUT2D eigenvalue weighted by Crippen LogP contribution is 2.34. The molecule has 0 saturated carbocycles. The van der Waals surface area contributed by atoms with Gasteiger partial charge in [0, 0.05) is 19.9 Å². The molecule has 27 heavy (non-hydrogen) atoms. The molecule has 0 aliphatic rings. The fourth-order valence-corrected chi connectivity index (χ4v) is 3.16. The zero-order chi connectivity index (χ0) is 19.4. The van der Waals surface area contributed by atoms with Gasteiger partial charge in [-0.2, -0.15) is 18.3 Å². The highest BCUT2D eigenvalue weighted by atomic mass is 32.1. The first kappa shape index (κ1) is 19.1. The van der Waals surface area contributed by atoms with Crippen LogP contribution >= 0.6 is 11.3 Å². The van der Waals surface area contributed by atoms with Crippen molar-refractivity contribution in [1.29, 1.82) is 0 Å². The number of fused-ring (bicyclic) bond motifs is 1. The number of aromatic nitrogens is 3. The summed E-state index contributed by atoms with van der Waals surface area (Å²) in [6.45, 7) is 0.874. The van der Waals surface area contributed by atoms with E-state index in [-0.39, 0.29) is 18.0 Å². The first-order valence-electron chi connectivity index (χ1n) is 7.88. The Kier molecular flexibility index (Phi) is 5.61. The Labute approximate surface area is 156 Å². The quantitative estimate of drug-likeness (QED) is 0.597. The lowest BCUT2D eigenvalue weighted by molar-refractivity contribution is -0.137. The van der Waals surface area contributed by atoms with Crippen LogP contribution in [0.3, 0.4) is 0 Å². The molecule has 3 aromatic rings. The summed E-state index contributed by atoms with van der Waals surface area (Å²) in [5.74, 6) is -0.207. The van der Waals surface area contributed by atoms with Crippen LogP contribution in [0.25, 0.3) is 10.2 Å². The van der Waals surface area contributed by atoms with Gasteiger partial charge in [0.1, 0.15) is 6.54 Å². The van der Waals surface area contributed by atoms with E-state index in [0.717, 1.165) is 12.1 Å². The molecule has 0 fully saturated rings. The van der Waals surface area contributed by atoms with E-state index in [1.807, 2.05) is 0 Å². The third kappa shape index (κ3) is 4.95. The number of ether oxygens (including phenoxy) is 1. The van der Waals surface area contributed by atoms with Crippen molar-refractivity contribution >= 4 is 38.3 Å². The van der Waals surface area contributed by atoms with Crippen molar-refractivity contribution in [3.63, 3.8) is 0 Å². The van der Waals surface area contributed by atoms with Crippen molar-refractivity contribution in [3.05, 3.63) is 36.2 Å². The molecular weight excluding hydrogens is 383 g/mol. The number of nitrogens with one attached hydrogen (secondary N) is 2. The molecule has 0 aliphatic heterocycles. The normalized spacial score (nSPS) is 11.7. The summed E-state index contributed by atoms with van der Waals surface area (Å²) >= 11 is 1.23. The van der Waals surface area contributed by atoms with Gasteiger partial charge in [0.2, 0.25) is 5.91 Å². The van der Waals surface area contributed by atoms with Gasteiger partial charge in [-0.05, 0) is 18.2 Å². The molecule has 2 heterocycles. The van der Waals surface area contributed by atoms with Gasteiger partial charge in [-0.3, -0.25) is 9.48 Å². The van der Waals surface area contributed by atoms with E-state index in [9.17, 15) is 18.0 Å². The van der Waals surface area contributed by atoms with Crippen molar-refractivity contribution in [1.82, 2.24) is 20.1 Å². The molecule has 0 radical (unpaired) electrons. The average Bonchev–Trinajstić information content (AvgIpc) is 3.19. The predicted molar refractivity (Wildman–Crippen MR) is 95.0 cm³/mol. The van der Waals surface area contributed by atoms with Crippen molar-refractivity contribution in [3.8, 4) is 0 Å². The number of hydrogen-bond acceptors (Lipinski definition) is 6. The van der Waals surface area contributed by atoms with Gasteiger partial charge in [0.15, 0.2) is 5.13 Å². The maximum Gasteiger partial charge on any atom is 0.416 e. The Morgan fingerprint density at radius 1 is 1.37 bits per heavy atom. The van der Waals surface area contributed by atoms with Crippen LogP contribution in [-0.2, 0) is 22.3 Å². The number of carbonyl (C=O) groups is 1. The number of halogens is 3. The molecule has 1 aromatic carbocycles. The number of carbonyl (C=O) groups excluding carboxylic acids is 1. The number of rotatable bonds is 7. The van der Waals surface area contributed by atoms with E-state index in [0.29, 0.717) is 28.7 Å². The molecule has 144 valence electrons. The zero-order valence-electron chi connectivity index (χ0n) is 14.2. The molecular formula is C16H16F3N5O2S. The number of methoxy groups -OCH3 is 1. The van der Waals surface area contributed by atoms with Gasteiger partial charge in [0.25, 0.3) is 0 Å².